The molecule has 0 amide bonds. The normalized spacial score (nSPS) is 16.7. The first-order chi connectivity index (χ1) is 52.7. The van der Waals surface area contributed by atoms with E-state index in [1.54, 1.807) is 30.3 Å². The summed E-state index contributed by atoms with van der Waals surface area (Å²) in [6.07, 6.45) is 15.3. The van der Waals surface area contributed by atoms with Crippen LogP contribution in [-0.2, 0) is 14.2 Å². The second-order valence-corrected chi connectivity index (χ2v) is 36.0. The highest BCUT2D eigenvalue weighted by molar-refractivity contribution is 9.11. The van der Waals surface area contributed by atoms with Gasteiger partial charge in [0.15, 0.2) is 0 Å². The van der Waals surface area contributed by atoms with Crippen molar-refractivity contribution in [1.29, 1.82) is 0 Å². The molecule has 648 valence electrons. The van der Waals surface area contributed by atoms with Gasteiger partial charge in [0.05, 0.1) is 27.8 Å². The maximum Gasteiger partial charge on any atom is 0.338 e. The molecule has 7 aliphatic rings. The Kier molecular flexibility index (Phi) is 47.9. The maximum atomic E-state index is 12.6. The van der Waals surface area contributed by atoms with Crippen molar-refractivity contribution in [2.45, 2.75) is 217 Å². The summed E-state index contributed by atoms with van der Waals surface area (Å²) in [5, 5.41) is 24.7. The molecule has 5 aromatic rings. The number of likely N-dealkylation sites (N-methyl/N-ethyl adjacent to an activating group) is 3. The van der Waals surface area contributed by atoms with E-state index in [9.17, 15) is 29.1 Å². The molecule has 0 spiro atoms. The van der Waals surface area contributed by atoms with Gasteiger partial charge in [0, 0.05) is 96.7 Å². The summed E-state index contributed by atoms with van der Waals surface area (Å²) in [6, 6.07) is 18.1. The maximum absolute atomic E-state index is 12.6. The molecular weight excluding hydrogens is 1790 g/mol. The van der Waals surface area contributed by atoms with Gasteiger partial charge in [-0.25, -0.2) is 48.9 Å². The molecule has 4 saturated heterocycles. The average Bonchev–Trinajstić information content (AvgIpc) is 0.823. The monoisotopic (exact) mass is 1920 g/mol. The second-order valence-electron chi connectivity index (χ2n) is 31.9. The summed E-state index contributed by atoms with van der Waals surface area (Å²) in [5.41, 5.74) is 5.97. The molecule has 3 saturated carbocycles. The Bertz CT molecular complexity index is 3680. The van der Waals surface area contributed by atoms with E-state index in [1.807, 2.05) is 80.5 Å². The highest BCUT2D eigenvalue weighted by atomic mass is 79.9. The predicted molar refractivity (Wildman–Crippen MR) is 488 cm³/mol. The van der Waals surface area contributed by atoms with Gasteiger partial charge < -0.3 is 80.0 Å². The third-order valence-electron chi connectivity index (χ3n) is 18.8. The summed E-state index contributed by atoms with van der Waals surface area (Å²) in [7, 11) is 8.53. The second kappa shape index (κ2) is 52.3. The number of nitrogens with one attached hydrogen (secondary N) is 2. The van der Waals surface area contributed by atoms with E-state index in [0.29, 0.717) is 69.2 Å². The number of piperidine rings is 1. The van der Waals surface area contributed by atoms with E-state index in [2.05, 4.69) is 198 Å². The van der Waals surface area contributed by atoms with Crippen LogP contribution >= 0.6 is 79.6 Å². The zero-order chi connectivity index (χ0) is 83.0. The largest absolute Gasteiger partial charge is 0.478 e. The van der Waals surface area contributed by atoms with Crippen LogP contribution in [0.1, 0.15) is 234 Å². The van der Waals surface area contributed by atoms with Gasteiger partial charge >= 0.3 is 29.8 Å². The number of carbonyl (C=O) groups is 5. The number of esters is 3. The molecule has 0 bridgehead atoms. The Balaban J connectivity index is 0.000000464. The lowest BCUT2D eigenvalue weighted by atomic mass is 9.93. The number of hydrogen-bond acceptors (Lipinski definition) is 24. The number of piperazine rings is 3. The summed E-state index contributed by atoms with van der Waals surface area (Å²) < 4.78 is 19.1. The van der Waals surface area contributed by atoms with E-state index in [-0.39, 0.29) is 45.8 Å². The fraction of sp³-hybridized carbons (Fsp3) is 0.643. The Morgan fingerprint density at radius 3 is 0.896 bits per heavy atom. The molecule has 0 aromatic carbocycles. The number of rotatable bonds is 15. The highest BCUT2D eigenvalue weighted by Gasteiger charge is 2.28. The van der Waals surface area contributed by atoms with Gasteiger partial charge in [0.2, 0.25) is 0 Å². The standard InChI is InChI=1S/C19H30N4O2.C15H22BrN3O2.C15H22N4O2.C10H11Br2NO2.C6H3Br2NO2.C6H13N.C6H15N.C4H9N.3CH4/c1-19(2,3)25-18(24)14-12-16(20-15-6-5-7-15)21-17(13-14)23-10-8-22(4)9-11-23;1-15(2,3)21-14(20)11-9-12(16)17-13(10-11)19-7-5-18(4)6-8-19;1-18-5-7-19(8-6-18)14-10-11(15(20)21)9-13(17-14)16-12-3-2-4-12;1-10(2,3)15-9(14)6-4-7(11)13-8(12)5-6;7-4-1-3(6(10)11)2-5(8)9-4;1-7-5-3-2-4-6-7;1-4-7(5-2)6-3;5-4-2-1-3-4;;;/h12-13,15H,5-11H2,1-4H3,(H,20,21);9-10H,5-8H2,1-4H3;9-10,12H,2-8H2,1H3,(H,16,17)(H,20,21);4-5H,1-3H3;1-2H,(H,10,11);2-6H2,1H3;4-6H2,1-3H3;4H,1-3,5H2;3*1H4. The van der Waals surface area contributed by atoms with Gasteiger partial charge in [-0.1, -0.05) is 55.9 Å². The number of carboxylic acids is 2. The van der Waals surface area contributed by atoms with E-state index >= 15 is 0 Å². The number of aromatic carboxylic acids is 2. The molecule has 9 heterocycles. The summed E-state index contributed by atoms with van der Waals surface area (Å²) in [6.45, 7) is 40.9. The van der Waals surface area contributed by atoms with Crippen molar-refractivity contribution in [3.8, 4) is 0 Å². The number of halogens is 5. The van der Waals surface area contributed by atoms with Crippen LogP contribution in [0.25, 0.3) is 0 Å². The van der Waals surface area contributed by atoms with Crippen LogP contribution in [0.2, 0.25) is 0 Å². The van der Waals surface area contributed by atoms with Crippen molar-refractivity contribution < 1.29 is 48.4 Å². The minimum absolute atomic E-state index is 0. The zero-order valence-corrected chi connectivity index (χ0v) is 76.9. The molecular formula is C84H137Br5N16O10. The summed E-state index contributed by atoms with van der Waals surface area (Å²) in [4.78, 5) is 98.2. The number of hydrogen-bond donors (Lipinski definition) is 5. The average molecular weight is 1930 g/mol. The van der Waals surface area contributed by atoms with Crippen LogP contribution < -0.4 is 31.1 Å². The molecule has 0 atom stereocenters. The first kappa shape index (κ1) is 105. The van der Waals surface area contributed by atoms with Crippen LogP contribution in [0.15, 0.2) is 83.7 Å². The van der Waals surface area contributed by atoms with Crippen molar-refractivity contribution >= 4 is 139 Å². The van der Waals surface area contributed by atoms with Crippen LogP contribution in [0, 0.1) is 0 Å². The predicted octanol–water partition coefficient (Wildman–Crippen LogP) is 17.5. The molecule has 26 nitrogen and oxygen atoms in total. The van der Waals surface area contributed by atoms with Gasteiger partial charge in [-0.15, -0.1) is 0 Å². The molecule has 4 aliphatic heterocycles. The van der Waals surface area contributed by atoms with Crippen molar-refractivity contribution in [1.82, 2.24) is 49.4 Å². The van der Waals surface area contributed by atoms with Crippen molar-refractivity contribution in [3.63, 3.8) is 0 Å². The Morgan fingerprint density at radius 1 is 0.391 bits per heavy atom. The Labute approximate surface area is 730 Å². The van der Waals surface area contributed by atoms with E-state index in [0.717, 1.165) is 115 Å². The van der Waals surface area contributed by atoms with Crippen LogP contribution in [0.4, 0.5) is 29.1 Å². The molecule has 115 heavy (non-hydrogen) atoms. The third kappa shape index (κ3) is 41.7. The lowest BCUT2D eigenvalue weighted by Gasteiger charge is -2.34. The number of nitrogens with two attached hydrogens (primary N) is 1. The molecule has 6 N–H and O–H groups in total. The third-order valence-corrected chi connectivity index (χ3v) is 20.8. The molecule has 7 fully saturated rings. The quantitative estimate of drug-likeness (QED) is 0.0370. The van der Waals surface area contributed by atoms with Gasteiger partial charge in [0.25, 0.3) is 0 Å². The fourth-order valence-electron chi connectivity index (χ4n) is 11.5. The smallest absolute Gasteiger partial charge is 0.338 e. The van der Waals surface area contributed by atoms with Crippen molar-refractivity contribution in [3.05, 3.63) is 111 Å². The number of carbonyl (C=O) groups excluding carboxylic acids is 3. The van der Waals surface area contributed by atoms with Gasteiger partial charge in [-0.05, 0) is 328 Å². The zero-order valence-electron chi connectivity index (χ0n) is 69.0. The molecule has 0 radical (unpaired) electrons. The number of aromatic nitrogens is 5. The van der Waals surface area contributed by atoms with E-state index in [1.165, 1.54) is 109 Å². The molecule has 12 rings (SSSR count). The number of nitrogens with zero attached hydrogens (tertiary/aromatic N) is 13. The highest BCUT2D eigenvalue weighted by Crippen LogP contribution is 2.30. The first-order valence-electron chi connectivity index (χ1n) is 39.2. The lowest BCUT2D eigenvalue weighted by Crippen LogP contribution is -2.45. The van der Waals surface area contributed by atoms with Crippen LogP contribution in [0.5, 0.6) is 0 Å². The topological polar surface area (TPSA) is 294 Å². The molecule has 0 unspecified atom stereocenters. The minimum atomic E-state index is -0.964. The van der Waals surface area contributed by atoms with Gasteiger partial charge in [0.1, 0.15) is 68.9 Å². The van der Waals surface area contributed by atoms with E-state index in [4.69, 9.17) is 30.0 Å². The van der Waals surface area contributed by atoms with Crippen LogP contribution in [0.3, 0.4) is 0 Å². The molecule has 5 aromatic heterocycles. The van der Waals surface area contributed by atoms with Crippen molar-refractivity contribution in [2.75, 3.05) is 165 Å². The Morgan fingerprint density at radius 2 is 0.643 bits per heavy atom. The summed E-state index contributed by atoms with van der Waals surface area (Å²) in [5.74, 6) is 1.09. The fourth-order valence-corrected chi connectivity index (χ4v) is 14.1. The Hall–Kier alpha value is -5.74. The van der Waals surface area contributed by atoms with Gasteiger partial charge in [-0.3, -0.25) is 0 Å². The van der Waals surface area contributed by atoms with Crippen LogP contribution in [-0.4, -0.2) is 264 Å². The van der Waals surface area contributed by atoms with E-state index < -0.39 is 28.7 Å². The van der Waals surface area contributed by atoms with Gasteiger partial charge in [-0.2, -0.15) is 0 Å². The lowest BCUT2D eigenvalue weighted by molar-refractivity contribution is 0.00567. The van der Waals surface area contributed by atoms with Crippen molar-refractivity contribution in [2.24, 2.45) is 5.73 Å². The SMILES string of the molecule is C.C.C.CC(C)(C)OC(=O)c1cc(Br)nc(Br)c1.CCN(CC)CC.CN1CCCCC1.CN1CCN(c2cc(C(=O)O)cc(NC3CCC3)n2)CC1.CN1CCN(c2cc(C(=O)OC(C)(C)C)cc(Br)n2)CC1.CN1CCN(c2cc(C(=O)OC(C)(C)C)cc(NC3CCC3)n2)CC1.NC1CCC1.O=C(O)c1cc(Br)nc(Br)c1. The number of ether oxygens (including phenoxy) is 3. The number of carboxylic acid groups (broad SMARTS) is 2. The minimum Gasteiger partial charge on any atom is -0.478 e. The number of pyridine rings is 5. The first-order valence-corrected chi connectivity index (χ1v) is 43.2. The molecule has 3 aliphatic carbocycles. The number of likely N-dealkylation sites (tertiary alicyclic amines) is 1. The summed E-state index contributed by atoms with van der Waals surface area (Å²) >= 11 is 16.0. The number of anilines is 5. The molecule has 31 heteroatoms.